The van der Waals surface area contributed by atoms with Gasteiger partial charge in [0, 0.05) is 10.6 Å². The van der Waals surface area contributed by atoms with Crippen LogP contribution in [0.2, 0.25) is 0 Å². The number of Topliss-reactive ketones (excluding diaryl/α,β-unsaturated/α-hetero) is 1. The van der Waals surface area contributed by atoms with Gasteiger partial charge in [0.2, 0.25) is 0 Å². The molecule has 0 aliphatic heterocycles. The maximum Gasteiger partial charge on any atom is 0.173 e. The van der Waals surface area contributed by atoms with E-state index in [4.69, 9.17) is 28.9 Å². The van der Waals surface area contributed by atoms with Crippen LogP contribution in [0.1, 0.15) is 10.4 Å². The first-order valence-electron chi connectivity index (χ1n) is 5.14. The second kappa shape index (κ2) is 4.65. The molecule has 2 atom stereocenters. The molecular weight excluding hydrogens is 257 g/mol. The number of hydrogen-bond acceptors (Lipinski definition) is 2. The van der Waals surface area contributed by atoms with Gasteiger partial charge in [-0.3, -0.25) is 4.79 Å². The van der Waals surface area contributed by atoms with E-state index < -0.39 is 10.9 Å². The number of allylic oxidation sites excluding steroid dienone is 2. The molecule has 0 heterocycles. The quantitative estimate of drug-likeness (QED) is 0.509. The zero-order chi connectivity index (χ0) is 12.5. The highest BCUT2D eigenvalue weighted by Crippen LogP contribution is 2.32. The summed E-state index contributed by atoms with van der Waals surface area (Å²) >= 11 is 12.0. The van der Waals surface area contributed by atoms with Gasteiger partial charge in [-0.2, -0.15) is 0 Å². The average Bonchev–Trinajstić information content (AvgIpc) is 2.33. The fourth-order valence-corrected chi connectivity index (χ4v) is 2.13. The first-order chi connectivity index (χ1) is 8.00. The van der Waals surface area contributed by atoms with E-state index in [1.165, 1.54) is 0 Å². The summed E-state index contributed by atoms with van der Waals surface area (Å²) in [5.41, 5.74) is 6.45. The molecule has 0 saturated carbocycles. The van der Waals surface area contributed by atoms with E-state index in [-0.39, 0.29) is 5.78 Å². The summed E-state index contributed by atoms with van der Waals surface area (Å²) < 4.78 is 0. The molecule has 1 aliphatic carbocycles. The molecule has 2 N–H and O–H groups in total. The van der Waals surface area contributed by atoms with Crippen molar-refractivity contribution in [3.63, 3.8) is 0 Å². The molecule has 0 spiro atoms. The van der Waals surface area contributed by atoms with Gasteiger partial charge in [-0.1, -0.05) is 59.6 Å². The lowest BCUT2D eigenvalue weighted by molar-refractivity contribution is 0.0930. The minimum atomic E-state index is -1.22. The maximum atomic E-state index is 12.3. The molecule has 1 aromatic rings. The predicted octanol–water partition coefficient (Wildman–Crippen LogP) is 3.07. The Morgan fingerprint density at radius 3 is 2.59 bits per heavy atom. The number of halogens is 2. The Morgan fingerprint density at radius 1 is 1.29 bits per heavy atom. The Labute approximate surface area is 110 Å². The fraction of sp³-hybridized carbons (Fsp3) is 0.154. The Kier molecular flexibility index (Phi) is 3.38. The predicted molar refractivity (Wildman–Crippen MR) is 70.1 cm³/mol. The molecule has 4 heteroatoms. The largest absolute Gasteiger partial charge is 0.309 e. The molecule has 17 heavy (non-hydrogen) atoms. The third kappa shape index (κ3) is 2.60. The van der Waals surface area contributed by atoms with Crippen LogP contribution in [0.5, 0.6) is 0 Å². The molecule has 2 nitrogen and oxygen atoms in total. The summed E-state index contributed by atoms with van der Waals surface area (Å²) in [4.78, 5) is 11.0. The number of carbonyl (C=O) groups is 1. The smallest absolute Gasteiger partial charge is 0.173 e. The van der Waals surface area contributed by atoms with Crippen LogP contribution >= 0.6 is 23.2 Å². The summed E-state index contributed by atoms with van der Waals surface area (Å²) in [5.74, 6) is -0.783. The number of alkyl halides is 1. The minimum absolute atomic E-state index is 0.134. The molecule has 0 unspecified atom stereocenters. The summed E-state index contributed by atoms with van der Waals surface area (Å²) in [7, 11) is 0. The lowest BCUT2D eigenvalue weighted by atomic mass is 9.87. The van der Waals surface area contributed by atoms with Crippen LogP contribution in [-0.4, -0.2) is 10.8 Å². The van der Waals surface area contributed by atoms with E-state index in [9.17, 15) is 4.79 Å². The maximum absolute atomic E-state index is 12.3. The van der Waals surface area contributed by atoms with Gasteiger partial charge in [-0.25, -0.2) is 0 Å². The Balaban J connectivity index is 2.34. The van der Waals surface area contributed by atoms with Crippen molar-refractivity contribution in [3.8, 4) is 0 Å². The van der Waals surface area contributed by atoms with Gasteiger partial charge in [-0.15, -0.1) is 0 Å². The molecule has 0 bridgehead atoms. The lowest BCUT2D eigenvalue weighted by Crippen LogP contribution is -2.44. The van der Waals surface area contributed by atoms with Crippen LogP contribution in [-0.2, 0) is 0 Å². The number of benzene rings is 1. The molecule has 88 valence electrons. The summed E-state index contributed by atoms with van der Waals surface area (Å²) in [6.45, 7) is 0. The third-order valence-corrected chi connectivity index (χ3v) is 3.25. The molecule has 0 saturated heterocycles. The highest BCUT2D eigenvalue weighted by atomic mass is 35.5. The van der Waals surface area contributed by atoms with Crippen LogP contribution in [0.3, 0.4) is 0 Å². The van der Waals surface area contributed by atoms with Crippen molar-refractivity contribution in [2.75, 3.05) is 0 Å². The van der Waals surface area contributed by atoms with E-state index >= 15 is 0 Å². The minimum Gasteiger partial charge on any atom is -0.309 e. The second-order valence-corrected chi connectivity index (χ2v) is 5.01. The van der Waals surface area contributed by atoms with Crippen molar-refractivity contribution < 1.29 is 4.79 Å². The van der Waals surface area contributed by atoms with Gasteiger partial charge in [0.05, 0.1) is 5.92 Å². The highest BCUT2D eigenvalue weighted by molar-refractivity contribution is 6.33. The topological polar surface area (TPSA) is 43.1 Å². The van der Waals surface area contributed by atoms with Crippen molar-refractivity contribution >= 4 is 29.0 Å². The molecule has 2 rings (SSSR count). The number of rotatable bonds is 2. The van der Waals surface area contributed by atoms with Crippen molar-refractivity contribution in [1.29, 1.82) is 0 Å². The zero-order valence-electron chi connectivity index (χ0n) is 8.94. The second-order valence-electron chi connectivity index (χ2n) is 3.92. The number of hydrogen-bond donors (Lipinski definition) is 1. The van der Waals surface area contributed by atoms with E-state index in [0.29, 0.717) is 10.6 Å². The standard InChI is InChI=1S/C13H11Cl2NO/c14-10-6-7-13(15,16)11(8-10)12(17)9-4-2-1-3-5-9/h1-8,11H,16H2/t11-,13+/m1/s1. The van der Waals surface area contributed by atoms with Gasteiger partial charge in [-0.05, 0) is 12.2 Å². The van der Waals surface area contributed by atoms with Gasteiger partial charge in [0.1, 0.15) is 5.00 Å². The van der Waals surface area contributed by atoms with E-state index in [0.717, 1.165) is 0 Å². The molecule has 0 radical (unpaired) electrons. The molecule has 0 aromatic heterocycles. The number of carbonyl (C=O) groups excluding carboxylic acids is 1. The highest BCUT2D eigenvalue weighted by Gasteiger charge is 2.37. The summed E-state index contributed by atoms with van der Waals surface area (Å²) in [6, 6.07) is 8.90. The fourth-order valence-electron chi connectivity index (χ4n) is 1.71. The molecule has 1 aromatic carbocycles. The van der Waals surface area contributed by atoms with Crippen molar-refractivity contribution in [2.45, 2.75) is 5.00 Å². The van der Waals surface area contributed by atoms with E-state index in [1.807, 2.05) is 6.07 Å². The molecule has 0 fully saturated rings. The first kappa shape index (κ1) is 12.4. The Hall–Kier alpha value is -1.09. The zero-order valence-corrected chi connectivity index (χ0v) is 10.4. The van der Waals surface area contributed by atoms with Crippen LogP contribution in [0.4, 0.5) is 0 Å². The third-order valence-electron chi connectivity index (χ3n) is 2.64. The Morgan fingerprint density at radius 2 is 1.94 bits per heavy atom. The molecular formula is C13H11Cl2NO. The summed E-state index contributed by atoms with van der Waals surface area (Å²) in [6.07, 6.45) is 4.73. The molecule has 1 aliphatic rings. The van der Waals surface area contributed by atoms with Crippen LogP contribution in [0.25, 0.3) is 0 Å². The number of ketones is 1. The van der Waals surface area contributed by atoms with Crippen LogP contribution in [0.15, 0.2) is 53.6 Å². The van der Waals surface area contributed by atoms with Crippen molar-refractivity contribution in [3.05, 3.63) is 59.2 Å². The van der Waals surface area contributed by atoms with Crippen LogP contribution < -0.4 is 5.73 Å². The van der Waals surface area contributed by atoms with E-state index in [2.05, 4.69) is 0 Å². The lowest BCUT2D eigenvalue weighted by Gasteiger charge is -2.28. The SMILES string of the molecule is N[C@@]1(Cl)C=CC(Cl)=C[C@@H]1C(=O)c1ccccc1. The normalized spacial score (nSPS) is 27.7. The summed E-state index contributed by atoms with van der Waals surface area (Å²) in [5, 5.41) is 0.473. The Bertz CT molecular complexity index is 491. The van der Waals surface area contributed by atoms with Gasteiger partial charge < -0.3 is 5.73 Å². The van der Waals surface area contributed by atoms with Crippen molar-refractivity contribution in [1.82, 2.24) is 0 Å². The van der Waals surface area contributed by atoms with Gasteiger partial charge in [0.25, 0.3) is 0 Å². The number of nitrogens with two attached hydrogens (primary N) is 1. The monoisotopic (exact) mass is 267 g/mol. The molecule has 0 amide bonds. The van der Waals surface area contributed by atoms with Gasteiger partial charge >= 0.3 is 0 Å². The van der Waals surface area contributed by atoms with Crippen LogP contribution in [0, 0.1) is 5.92 Å². The first-order valence-corrected chi connectivity index (χ1v) is 5.90. The average molecular weight is 268 g/mol. The van der Waals surface area contributed by atoms with Crippen molar-refractivity contribution in [2.24, 2.45) is 11.7 Å². The van der Waals surface area contributed by atoms with Gasteiger partial charge in [0.15, 0.2) is 5.78 Å². The van der Waals surface area contributed by atoms with E-state index in [1.54, 1.807) is 42.5 Å².